The predicted molar refractivity (Wildman–Crippen MR) is 61.6 cm³/mol. The molecule has 0 rings (SSSR count). The zero-order valence-corrected chi connectivity index (χ0v) is 10.1. The van der Waals surface area contributed by atoms with Crippen molar-refractivity contribution in [2.75, 3.05) is 13.7 Å². The van der Waals surface area contributed by atoms with E-state index < -0.39 is 0 Å². The van der Waals surface area contributed by atoms with Gasteiger partial charge in [-0.1, -0.05) is 13.3 Å². The first-order valence-corrected chi connectivity index (χ1v) is 5.66. The topological polar surface area (TPSA) is 64.3 Å². The molecule has 90 valence electrons. The minimum absolute atomic E-state index is 0.0720. The summed E-state index contributed by atoms with van der Waals surface area (Å²) in [6.07, 6.45) is 3.39. The highest BCUT2D eigenvalue weighted by Gasteiger charge is 2.10. The number of ether oxygens (including phenoxy) is 1. The normalized spacial score (nSPS) is 14.7. The lowest BCUT2D eigenvalue weighted by Crippen LogP contribution is -2.40. The molecule has 0 bridgehead atoms. The van der Waals surface area contributed by atoms with Gasteiger partial charge in [0.15, 0.2) is 0 Å². The minimum Gasteiger partial charge on any atom is -0.382 e. The van der Waals surface area contributed by atoms with Gasteiger partial charge in [-0.25, -0.2) is 0 Å². The fourth-order valence-corrected chi connectivity index (χ4v) is 1.35. The van der Waals surface area contributed by atoms with Crippen LogP contribution in [0.1, 0.15) is 39.5 Å². The number of methoxy groups -OCH3 is 1. The molecule has 0 aromatic heterocycles. The van der Waals surface area contributed by atoms with Crippen molar-refractivity contribution in [3.05, 3.63) is 0 Å². The molecule has 1 amide bonds. The van der Waals surface area contributed by atoms with Crippen molar-refractivity contribution < 1.29 is 9.53 Å². The summed E-state index contributed by atoms with van der Waals surface area (Å²) in [5.41, 5.74) is 5.55. The number of nitrogens with two attached hydrogens (primary N) is 1. The van der Waals surface area contributed by atoms with Crippen molar-refractivity contribution in [1.29, 1.82) is 0 Å². The van der Waals surface area contributed by atoms with Crippen LogP contribution in [0.15, 0.2) is 0 Å². The Labute approximate surface area is 92.6 Å². The highest BCUT2D eigenvalue weighted by molar-refractivity contribution is 5.76. The summed E-state index contributed by atoms with van der Waals surface area (Å²) in [6, 6.07) is 0.125. The quantitative estimate of drug-likeness (QED) is 0.637. The van der Waals surface area contributed by atoms with Crippen LogP contribution in [0.2, 0.25) is 0 Å². The second kappa shape index (κ2) is 8.68. The molecule has 0 spiro atoms. The maximum atomic E-state index is 11.5. The Kier molecular flexibility index (Phi) is 8.33. The van der Waals surface area contributed by atoms with Gasteiger partial charge in [0.25, 0.3) is 0 Å². The van der Waals surface area contributed by atoms with Crippen molar-refractivity contribution in [2.24, 2.45) is 5.73 Å². The molecular weight excluding hydrogens is 192 g/mol. The molecule has 0 aromatic carbocycles. The molecule has 0 saturated heterocycles. The summed E-state index contributed by atoms with van der Waals surface area (Å²) in [6.45, 7) is 4.56. The van der Waals surface area contributed by atoms with Crippen molar-refractivity contribution in [1.82, 2.24) is 5.32 Å². The number of carbonyl (C=O) groups excluding carboxylic acids is 1. The third-order valence-electron chi connectivity index (χ3n) is 2.47. The van der Waals surface area contributed by atoms with Gasteiger partial charge in [0, 0.05) is 26.1 Å². The van der Waals surface area contributed by atoms with Gasteiger partial charge in [0.2, 0.25) is 5.91 Å². The van der Waals surface area contributed by atoms with E-state index in [0.29, 0.717) is 13.0 Å². The molecule has 0 aromatic rings. The van der Waals surface area contributed by atoms with Crippen LogP contribution in [0.25, 0.3) is 0 Å². The fourth-order valence-electron chi connectivity index (χ4n) is 1.35. The largest absolute Gasteiger partial charge is 0.382 e. The Morgan fingerprint density at radius 2 is 2.13 bits per heavy atom. The van der Waals surface area contributed by atoms with Gasteiger partial charge in [0.05, 0.1) is 6.10 Å². The maximum Gasteiger partial charge on any atom is 0.220 e. The zero-order chi connectivity index (χ0) is 11.7. The van der Waals surface area contributed by atoms with Gasteiger partial charge in [-0.3, -0.25) is 4.79 Å². The van der Waals surface area contributed by atoms with E-state index in [1.54, 1.807) is 7.11 Å². The van der Waals surface area contributed by atoms with Crippen LogP contribution in [0.5, 0.6) is 0 Å². The molecule has 0 radical (unpaired) electrons. The van der Waals surface area contributed by atoms with E-state index in [1.165, 1.54) is 0 Å². The highest BCUT2D eigenvalue weighted by Crippen LogP contribution is 2.01. The zero-order valence-electron chi connectivity index (χ0n) is 10.1. The Morgan fingerprint density at radius 3 is 2.60 bits per heavy atom. The van der Waals surface area contributed by atoms with Crippen LogP contribution in [0.4, 0.5) is 0 Å². The molecule has 0 heterocycles. The molecule has 2 atom stereocenters. The molecule has 0 aliphatic rings. The lowest BCUT2D eigenvalue weighted by Gasteiger charge is -2.16. The Hall–Kier alpha value is -0.610. The third-order valence-corrected chi connectivity index (χ3v) is 2.47. The van der Waals surface area contributed by atoms with Gasteiger partial charge < -0.3 is 15.8 Å². The van der Waals surface area contributed by atoms with Gasteiger partial charge in [-0.2, -0.15) is 0 Å². The summed E-state index contributed by atoms with van der Waals surface area (Å²) >= 11 is 0. The second-order valence-electron chi connectivity index (χ2n) is 3.87. The molecule has 4 nitrogen and oxygen atoms in total. The number of carbonyl (C=O) groups is 1. The molecule has 3 N–H and O–H groups in total. The summed E-state index contributed by atoms with van der Waals surface area (Å²) in [5.74, 6) is 0.0720. The van der Waals surface area contributed by atoms with Crippen molar-refractivity contribution in [3.63, 3.8) is 0 Å². The summed E-state index contributed by atoms with van der Waals surface area (Å²) < 4.78 is 5.07. The third kappa shape index (κ3) is 7.33. The van der Waals surface area contributed by atoms with Crippen LogP contribution >= 0.6 is 0 Å². The Bertz CT molecular complexity index is 174. The Morgan fingerprint density at radius 1 is 1.47 bits per heavy atom. The van der Waals surface area contributed by atoms with Crippen molar-refractivity contribution in [2.45, 2.75) is 51.7 Å². The van der Waals surface area contributed by atoms with Crippen LogP contribution in [0, 0.1) is 0 Å². The van der Waals surface area contributed by atoms with Crippen LogP contribution < -0.4 is 11.1 Å². The van der Waals surface area contributed by atoms with E-state index in [2.05, 4.69) is 12.2 Å². The van der Waals surface area contributed by atoms with E-state index in [9.17, 15) is 4.79 Å². The molecule has 0 fully saturated rings. The minimum atomic E-state index is 0.0720. The van der Waals surface area contributed by atoms with E-state index >= 15 is 0 Å². The first-order chi connectivity index (χ1) is 7.13. The summed E-state index contributed by atoms with van der Waals surface area (Å²) in [5, 5.41) is 2.93. The standard InChI is InChI=1S/C11H24N2O2/c1-4-5-10(8-12)13-11(14)7-6-9(2)15-3/h9-10H,4-8,12H2,1-3H3,(H,13,14). The van der Waals surface area contributed by atoms with E-state index in [0.717, 1.165) is 19.3 Å². The van der Waals surface area contributed by atoms with Crippen LogP contribution in [0.3, 0.4) is 0 Å². The molecule has 4 heteroatoms. The van der Waals surface area contributed by atoms with E-state index in [-0.39, 0.29) is 18.1 Å². The lowest BCUT2D eigenvalue weighted by molar-refractivity contribution is -0.122. The van der Waals surface area contributed by atoms with Gasteiger partial charge >= 0.3 is 0 Å². The number of hydrogen-bond donors (Lipinski definition) is 2. The van der Waals surface area contributed by atoms with E-state index in [1.807, 2.05) is 6.92 Å². The van der Waals surface area contributed by atoms with Gasteiger partial charge in [0.1, 0.15) is 0 Å². The van der Waals surface area contributed by atoms with Crippen LogP contribution in [-0.4, -0.2) is 31.7 Å². The Balaban J connectivity index is 3.70. The number of rotatable bonds is 8. The predicted octanol–water partition coefficient (Wildman–Crippen LogP) is 1.05. The molecule has 0 aliphatic heterocycles. The molecule has 0 aliphatic carbocycles. The van der Waals surface area contributed by atoms with E-state index in [4.69, 9.17) is 10.5 Å². The van der Waals surface area contributed by atoms with Crippen molar-refractivity contribution >= 4 is 5.91 Å². The SMILES string of the molecule is CCCC(CN)NC(=O)CCC(C)OC. The fraction of sp³-hybridized carbons (Fsp3) is 0.909. The molecule has 15 heavy (non-hydrogen) atoms. The highest BCUT2D eigenvalue weighted by atomic mass is 16.5. The molecular formula is C11H24N2O2. The maximum absolute atomic E-state index is 11.5. The number of hydrogen-bond acceptors (Lipinski definition) is 3. The average molecular weight is 216 g/mol. The lowest BCUT2D eigenvalue weighted by atomic mass is 10.1. The molecule has 2 unspecified atom stereocenters. The smallest absolute Gasteiger partial charge is 0.220 e. The molecule has 0 saturated carbocycles. The van der Waals surface area contributed by atoms with Gasteiger partial charge in [-0.05, 0) is 19.8 Å². The number of amides is 1. The second-order valence-corrected chi connectivity index (χ2v) is 3.87. The first-order valence-electron chi connectivity index (χ1n) is 5.66. The van der Waals surface area contributed by atoms with Crippen molar-refractivity contribution in [3.8, 4) is 0 Å². The summed E-state index contributed by atoms with van der Waals surface area (Å²) in [4.78, 5) is 11.5. The summed E-state index contributed by atoms with van der Waals surface area (Å²) in [7, 11) is 1.66. The van der Waals surface area contributed by atoms with Crippen LogP contribution in [-0.2, 0) is 9.53 Å². The first kappa shape index (κ1) is 14.4. The average Bonchev–Trinajstić information content (AvgIpc) is 2.25. The monoisotopic (exact) mass is 216 g/mol. The van der Waals surface area contributed by atoms with Gasteiger partial charge in [-0.15, -0.1) is 0 Å². The number of nitrogens with one attached hydrogen (secondary N) is 1.